The predicted molar refractivity (Wildman–Crippen MR) is 87.9 cm³/mol. The first-order valence-corrected chi connectivity index (χ1v) is 7.55. The van der Waals surface area contributed by atoms with Gasteiger partial charge >= 0.3 is 0 Å². The van der Waals surface area contributed by atoms with Gasteiger partial charge in [-0.3, -0.25) is 9.59 Å². The molecule has 2 rings (SSSR count). The van der Waals surface area contributed by atoms with E-state index in [2.05, 4.69) is 5.32 Å². The van der Waals surface area contributed by atoms with Gasteiger partial charge in [0.1, 0.15) is 23.4 Å². The molecule has 0 radical (unpaired) electrons. The SMILES string of the molecule is COc1cccc(C[C@@H](NC(=O)Cc2c(F)cccc2F)C(N)=O)c1. The molecule has 0 saturated carbocycles. The molecule has 0 aliphatic carbocycles. The van der Waals surface area contributed by atoms with E-state index in [0.29, 0.717) is 5.75 Å². The third-order valence-corrected chi connectivity index (χ3v) is 3.65. The fourth-order valence-electron chi connectivity index (χ4n) is 2.37. The summed E-state index contributed by atoms with van der Waals surface area (Å²) >= 11 is 0. The summed E-state index contributed by atoms with van der Waals surface area (Å²) in [7, 11) is 1.51. The summed E-state index contributed by atoms with van der Waals surface area (Å²) in [5.74, 6) is -2.49. The van der Waals surface area contributed by atoms with E-state index in [1.165, 1.54) is 13.2 Å². The van der Waals surface area contributed by atoms with Crippen molar-refractivity contribution in [3.05, 3.63) is 65.2 Å². The molecule has 0 bridgehead atoms. The number of halogens is 2. The Morgan fingerprint density at radius 2 is 1.80 bits per heavy atom. The molecule has 25 heavy (non-hydrogen) atoms. The number of ether oxygens (including phenoxy) is 1. The number of methoxy groups -OCH3 is 1. The van der Waals surface area contributed by atoms with Crippen LogP contribution in [0.4, 0.5) is 8.78 Å². The Kier molecular flexibility index (Phi) is 6.05. The Balaban J connectivity index is 2.08. The van der Waals surface area contributed by atoms with Crippen LogP contribution in [0.25, 0.3) is 0 Å². The first kappa shape index (κ1) is 18.4. The molecule has 0 aliphatic heterocycles. The van der Waals surface area contributed by atoms with Crippen LogP contribution in [0.5, 0.6) is 5.75 Å². The second-order valence-electron chi connectivity index (χ2n) is 5.46. The normalized spacial score (nSPS) is 11.6. The number of benzene rings is 2. The fourth-order valence-corrected chi connectivity index (χ4v) is 2.37. The van der Waals surface area contributed by atoms with Gasteiger partial charge in [0.25, 0.3) is 0 Å². The molecule has 3 N–H and O–H groups in total. The molecule has 0 aromatic heterocycles. The van der Waals surface area contributed by atoms with Crippen molar-refractivity contribution >= 4 is 11.8 Å². The largest absolute Gasteiger partial charge is 0.497 e. The third kappa shape index (κ3) is 5.00. The van der Waals surface area contributed by atoms with Crippen molar-refractivity contribution in [3.63, 3.8) is 0 Å². The van der Waals surface area contributed by atoms with Crippen LogP contribution in [0.3, 0.4) is 0 Å². The molecular weight excluding hydrogens is 330 g/mol. The van der Waals surface area contributed by atoms with Gasteiger partial charge in [-0.15, -0.1) is 0 Å². The van der Waals surface area contributed by atoms with Crippen molar-refractivity contribution in [2.45, 2.75) is 18.9 Å². The molecule has 0 fully saturated rings. The first-order valence-electron chi connectivity index (χ1n) is 7.55. The number of amides is 2. The second kappa shape index (κ2) is 8.23. The zero-order valence-corrected chi connectivity index (χ0v) is 13.6. The molecule has 0 spiro atoms. The van der Waals surface area contributed by atoms with Crippen molar-refractivity contribution in [3.8, 4) is 5.75 Å². The van der Waals surface area contributed by atoms with E-state index in [4.69, 9.17) is 10.5 Å². The number of carbonyl (C=O) groups is 2. The molecule has 2 aromatic carbocycles. The zero-order chi connectivity index (χ0) is 18.4. The quantitative estimate of drug-likeness (QED) is 0.800. The van der Waals surface area contributed by atoms with Gasteiger partial charge in [-0.05, 0) is 29.8 Å². The van der Waals surface area contributed by atoms with E-state index in [9.17, 15) is 18.4 Å². The topological polar surface area (TPSA) is 81.4 Å². The average molecular weight is 348 g/mol. The summed E-state index contributed by atoms with van der Waals surface area (Å²) in [5.41, 5.74) is 5.69. The molecule has 132 valence electrons. The number of hydrogen-bond acceptors (Lipinski definition) is 3. The van der Waals surface area contributed by atoms with E-state index in [1.807, 2.05) is 0 Å². The average Bonchev–Trinajstić information content (AvgIpc) is 2.58. The highest BCUT2D eigenvalue weighted by Crippen LogP contribution is 2.15. The molecule has 0 saturated heterocycles. The number of primary amides is 1. The van der Waals surface area contributed by atoms with Crippen LogP contribution in [0.2, 0.25) is 0 Å². The fraction of sp³-hybridized carbons (Fsp3) is 0.222. The van der Waals surface area contributed by atoms with Crippen LogP contribution < -0.4 is 15.8 Å². The van der Waals surface area contributed by atoms with Crippen molar-refractivity contribution < 1.29 is 23.1 Å². The highest BCUT2D eigenvalue weighted by molar-refractivity contribution is 5.87. The maximum absolute atomic E-state index is 13.6. The van der Waals surface area contributed by atoms with Gasteiger partial charge in [0.05, 0.1) is 13.5 Å². The molecule has 2 aromatic rings. The molecule has 0 heterocycles. The lowest BCUT2D eigenvalue weighted by Crippen LogP contribution is -2.46. The van der Waals surface area contributed by atoms with Crippen molar-refractivity contribution in [2.75, 3.05) is 7.11 Å². The van der Waals surface area contributed by atoms with Crippen molar-refractivity contribution in [1.82, 2.24) is 5.32 Å². The zero-order valence-electron chi connectivity index (χ0n) is 13.6. The van der Waals surface area contributed by atoms with Crippen LogP contribution in [-0.4, -0.2) is 25.0 Å². The van der Waals surface area contributed by atoms with Crippen LogP contribution in [0.1, 0.15) is 11.1 Å². The number of nitrogens with two attached hydrogens (primary N) is 1. The van der Waals surface area contributed by atoms with E-state index in [0.717, 1.165) is 17.7 Å². The molecule has 2 amide bonds. The summed E-state index contributed by atoms with van der Waals surface area (Å²) in [5, 5.41) is 2.42. The number of hydrogen-bond donors (Lipinski definition) is 2. The van der Waals surface area contributed by atoms with Gasteiger partial charge in [0, 0.05) is 12.0 Å². The van der Waals surface area contributed by atoms with Gasteiger partial charge in [0.2, 0.25) is 11.8 Å². The Morgan fingerprint density at radius 3 is 2.40 bits per heavy atom. The number of rotatable bonds is 7. The number of carbonyl (C=O) groups excluding carboxylic acids is 2. The molecule has 0 aliphatic rings. The van der Waals surface area contributed by atoms with Gasteiger partial charge in [-0.1, -0.05) is 18.2 Å². The smallest absolute Gasteiger partial charge is 0.240 e. The van der Waals surface area contributed by atoms with Crippen LogP contribution in [0, 0.1) is 11.6 Å². The standard InChI is InChI=1S/C18H18F2N2O3/c1-25-12-5-2-4-11(8-12)9-16(18(21)24)22-17(23)10-13-14(19)6-3-7-15(13)20/h2-8,16H,9-10H2,1H3,(H2,21,24)(H,22,23)/t16-/m1/s1. The van der Waals surface area contributed by atoms with Crippen LogP contribution in [-0.2, 0) is 22.4 Å². The van der Waals surface area contributed by atoms with Crippen molar-refractivity contribution in [1.29, 1.82) is 0 Å². The molecule has 0 unspecified atom stereocenters. The maximum Gasteiger partial charge on any atom is 0.240 e. The monoisotopic (exact) mass is 348 g/mol. The summed E-state index contributed by atoms with van der Waals surface area (Å²) in [6, 6.07) is 9.27. The Bertz CT molecular complexity index is 760. The summed E-state index contributed by atoms with van der Waals surface area (Å²) in [6.07, 6.45) is -0.390. The van der Waals surface area contributed by atoms with Crippen LogP contribution >= 0.6 is 0 Å². The highest BCUT2D eigenvalue weighted by Gasteiger charge is 2.21. The van der Waals surface area contributed by atoms with Gasteiger partial charge in [-0.25, -0.2) is 8.78 Å². The minimum Gasteiger partial charge on any atom is -0.497 e. The maximum atomic E-state index is 13.6. The van der Waals surface area contributed by atoms with E-state index in [1.54, 1.807) is 24.3 Å². The molecule has 1 atom stereocenters. The summed E-state index contributed by atoms with van der Waals surface area (Å²) in [6.45, 7) is 0. The van der Waals surface area contributed by atoms with E-state index >= 15 is 0 Å². The minimum absolute atomic E-state index is 0.137. The lowest BCUT2D eigenvalue weighted by Gasteiger charge is -2.16. The van der Waals surface area contributed by atoms with Crippen LogP contribution in [0.15, 0.2) is 42.5 Å². The Labute approximate surface area is 143 Å². The highest BCUT2D eigenvalue weighted by atomic mass is 19.1. The van der Waals surface area contributed by atoms with Gasteiger partial charge in [-0.2, -0.15) is 0 Å². The summed E-state index contributed by atoms with van der Waals surface area (Å²) in [4.78, 5) is 23.7. The van der Waals surface area contributed by atoms with E-state index < -0.39 is 35.9 Å². The molecular formula is C18H18F2N2O3. The lowest BCUT2D eigenvalue weighted by atomic mass is 10.0. The Hall–Kier alpha value is -2.96. The lowest BCUT2D eigenvalue weighted by molar-refractivity contribution is -0.127. The summed E-state index contributed by atoms with van der Waals surface area (Å²) < 4.78 is 32.3. The molecule has 7 heteroatoms. The third-order valence-electron chi connectivity index (χ3n) is 3.65. The van der Waals surface area contributed by atoms with E-state index in [-0.39, 0.29) is 12.0 Å². The first-order chi connectivity index (χ1) is 11.9. The van der Waals surface area contributed by atoms with Crippen molar-refractivity contribution in [2.24, 2.45) is 5.73 Å². The van der Waals surface area contributed by atoms with Gasteiger partial charge in [0.15, 0.2) is 0 Å². The second-order valence-corrected chi connectivity index (χ2v) is 5.46. The van der Waals surface area contributed by atoms with Gasteiger partial charge < -0.3 is 15.8 Å². The number of nitrogens with one attached hydrogen (secondary N) is 1. The molecule has 5 nitrogen and oxygen atoms in total. The minimum atomic E-state index is -1.01. The Morgan fingerprint density at radius 1 is 1.16 bits per heavy atom. The predicted octanol–water partition coefficient (Wildman–Crippen LogP) is 1.73.